The molecule has 6 heteroatoms. The quantitative estimate of drug-likeness (QED) is 0.630. The van der Waals surface area contributed by atoms with Gasteiger partial charge in [0.2, 0.25) is 0 Å². The first-order valence-corrected chi connectivity index (χ1v) is 6.11. The van der Waals surface area contributed by atoms with Crippen LogP contribution in [0.4, 0.5) is 11.5 Å². The average molecular weight is 251 g/mol. The summed E-state index contributed by atoms with van der Waals surface area (Å²) >= 11 is 0. The predicted molar refractivity (Wildman–Crippen MR) is 67.5 cm³/mol. The van der Waals surface area contributed by atoms with E-state index in [9.17, 15) is 15.2 Å². The summed E-state index contributed by atoms with van der Waals surface area (Å²) in [6.07, 6.45) is 4.09. The fourth-order valence-corrected chi connectivity index (χ4v) is 2.30. The van der Waals surface area contributed by atoms with Crippen molar-refractivity contribution in [3.63, 3.8) is 0 Å². The molecule has 2 unspecified atom stereocenters. The van der Waals surface area contributed by atoms with Crippen molar-refractivity contribution in [2.75, 3.05) is 11.9 Å². The molecular formula is C12H17N3O3. The lowest BCUT2D eigenvalue weighted by molar-refractivity contribution is -0.385. The van der Waals surface area contributed by atoms with E-state index in [1.807, 2.05) is 0 Å². The molecule has 0 radical (unpaired) electrons. The Morgan fingerprint density at radius 3 is 3.00 bits per heavy atom. The van der Waals surface area contributed by atoms with Crippen LogP contribution in [0.15, 0.2) is 12.3 Å². The van der Waals surface area contributed by atoms with Crippen LogP contribution in [0.2, 0.25) is 0 Å². The molecular weight excluding hydrogens is 234 g/mol. The molecule has 0 saturated heterocycles. The lowest BCUT2D eigenvalue weighted by atomic mass is 10.1. The van der Waals surface area contributed by atoms with Crippen LogP contribution < -0.4 is 5.32 Å². The topological polar surface area (TPSA) is 88.3 Å². The SMILES string of the molecule is Cc1cnc(NCC2CCCC2O)cc1[N+](=O)[O-]. The Labute approximate surface area is 105 Å². The number of aryl methyl sites for hydroxylation is 1. The Hall–Kier alpha value is -1.69. The van der Waals surface area contributed by atoms with Gasteiger partial charge >= 0.3 is 0 Å². The molecule has 0 bridgehead atoms. The number of anilines is 1. The maximum Gasteiger partial charge on any atom is 0.277 e. The van der Waals surface area contributed by atoms with Crippen molar-refractivity contribution in [1.82, 2.24) is 4.98 Å². The summed E-state index contributed by atoms with van der Waals surface area (Å²) < 4.78 is 0. The number of aliphatic hydroxyl groups is 1. The van der Waals surface area contributed by atoms with Crippen LogP contribution in [0.5, 0.6) is 0 Å². The van der Waals surface area contributed by atoms with Crippen molar-refractivity contribution in [2.45, 2.75) is 32.3 Å². The fraction of sp³-hybridized carbons (Fsp3) is 0.583. The number of nitro groups is 1. The molecule has 0 aromatic carbocycles. The van der Waals surface area contributed by atoms with E-state index < -0.39 is 4.92 Å². The van der Waals surface area contributed by atoms with Crippen molar-refractivity contribution in [2.24, 2.45) is 5.92 Å². The average Bonchev–Trinajstić information content (AvgIpc) is 2.73. The molecule has 2 atom stereocenters. The largest absolute Gasteiger partial charge is 0.393 e. The lowest BCUT2D eigenvalue weighted by Crippen LogP contribution is -2.22. The van der Waals surface area contributed by atoms with E-state index in [-0.39, 0.29) is 17.7 Å². The molecule has 1 heterocycles. The third-order valence-electron chi connectivity index (χ3n) is 3.44. The van der Waals surface area contributed by atoms with Crippen molar-refractivity contribution in [3.05, 3.63) is 27.9 Å². The van der Waals surface area contributed by atoms with Gasteiger partial charge in [-0.25, -0.2) is 4.98 Å². The van der Waals surface area contributed by atoms with Gasteiger partial charge in [0, 0.05) is 24.2 Å². The number of hydrogen-bond donors (Lipinski definition) is 2. The number of aliphatic hydroxyl groups excluding tert-OH is 1. The van der Waals surface area contributed by atoms with E-state index in [1.54, 1.807) is 6.92 Å². The van der Waals surface area contributed by atoms with E-state index >= 15 is 0 Å². The van der Waals surface area contributed by atoms with Crippen molar-refractivity contribution >= 4 is 11.5 Å². The van der Waals surface area contributed by atoms with Gasteiger partial charge in [-0.15, -0.1) is 0 Å². The van der Waals surface area contributed by atoms with Crippen LogP contribution in [-0.4, -0.2) is 27.7 Å². The first-order chi connectivity index (χ1) is 8.58. The van der Waals surface area contributed by atoms with Gasteiger partial charge in [-0.05, 0) is 19.8 Å². The molecule has 6 nitrogen and oxygen atoms in total. The monoisotopic (exact) mass is 251 g/mol. The molecule has 1 fully saturated rings. The maximum atomic E-state index is 10.8. The van der Waals surface area contributed by atoms with E-state index in [2.05, 4.69) is 10.3 Å². The molecule has 1 saturated carbocycles. The van der Waals surface area contributed by atoms with E-state index in [0.717, 1.165) is 19.3 Å². The Bertz CT molecular complexity index is 450. The number of hydrogen-bond acceptors (Lipinski definition) is 5. The molecule has 2 N–H and O–H groups in total. The number of aromatic nitrogens is 1. The second-order valence-electron chi connectivity index (χ2n) is 4.75. The summed E-state index contributed by atoms with van der Waals surface area (Å²) in [6, 6.07) is 1.44. The number of pyridine rings is 1. The number of rotatable bonds is 4. The molecule has 1 aromatic rings. The Balaban J connectivity index is 2.01. The van der Waals surface area contributed by atoms with Crippen molar-refractivity contribution < 1.29 is 10.0 Å². The van der Waals surface area contributed by atoms with Gasteiger partial charge in [0.1, 0.15) is 5.82 Å². The molecule has 0 amide bonds. The van der Waals surface area contributed by atoms with Crippen molar-refractivity contribution in [3.8, 4) is 0 Å². The van der Waals surface area contributed by atoms with Crippen LogP contribution in [0.25, 0.3) is 0 Å². The van der Waals surface area contributed by atoms with Gasteiger partial charge in [0.25, 0.3) is 5.69 Å². The summed E-state index contributed by atoms with van der Waals surface area (Å²) in [5.74, 6) is 0.707. The summed E-state index contributed by atoms with van der Waals surface area (Å²) in [5.41, 5.74) is 0.617. The highest BCUT2D eigenvalue weighted by Crippen LogP contribution is 2.26. The molecule has 0 spiro atoms. The third kappa shape index (κ3) is 2.76. The second kappa shape index (κ2) is 5.30. The van der Waals surface area contributed by atoms with Gasteiger partial charge < -0.3 is 10.4 Å². The molecule has 18 heavy (non-hydrogen) atoms. The highest BCUT2D eigenvalue weighted by atomic mass is 16.6. The molecule has 98 valence electrons. The summed E-state index contributed by atoms with van der Waals surface area (Å²) in [6.45, 7) is 2.27. The van der Waals surface area contributed by atoms with Crippen LogP contribution in [0, 0.1) is 23.0 Å². The Morgan fingerprint density at radius 1 is 1.61 bits per heavy atom. The van der Waals surface area contributed by atoms with E-state index in [0.29, 0.717) is 17.9 Å². The van der Waals surface area contributed by atoms with E-state index in [4.69, 9.17) is 0 Å². The van der Waals surface area contributed by atoms with Crippen LogP contribution in [0.1, 0.15) is 24.8 Å². The highest BCUT2D eigenvalue weighted by molar-refractivity contribution is 5.48. The summed E-state index contributed by atoms with van der Waals surface area (Å²) in [4.78, 5) is 14.5. The summed E-state index contributed by atoms with van der Waals surface area (Å²) in [5, 5.41) is 23.5. The molecule has 2 rings (SSSR count). The van der Waals surface area contributed by atoms with Crippen LogP contribution in [0.3, 0.4) is 0 Å². The van der Waals surface area contributed by atoms with Crippen molar-refractivity contribution in [1.29, 1.82) is 0 Å². The molecule has 0 aliphatic heterocycles. The highest BCUT2D eigenvalue weighted by Gasteiger charge is 2.25. The minimum atomic E-state index is -0.410. The van der Waals surface area contributed by atoms with Crippen LogP contribution in [-0.2, 0) is 0 Å². The minimum absolute atomic E-state index is 0.0690. The smallest absolute Gasteiger partial charge is 0.277 e. The first kappa shape index (κ1) is 12.8. The number of nitrogens with one attached hydrogen (secondary N) is 1. The zero-order chi connectivity index (χ0) is 13.1. The molecule has 1 aliphatic carbocycles. The standard InChI is InChI=1S/C12H17N3O3/c1-8-6-13-12(5-10(8)15(17)18)14-7-9-3-2-4-11(9)16/h5-6,9,11,16H,2-4,7H2,1H3,(H,13,14). The van der Waals surface area contributed by atoms with Gasteiger partial charge in [0.05, 0.1) is 17.1 Å². The minimum Gasteiger partial charge on any atom is -0.393 e. The van der Waals surface area contributed by atoms with Crippen LogP contribution >= 0.6 is 0 Å². The Morgan fingerprint density at radius 2 is 2.39 bits per heavy atom. The Kier molecular flexibility index (Phi) is 3.76. The van der Waals surface area contributed by atoms with E-state index in [1.165, 1.54) is 12.3 Å². The first-order valence-electron chi connectivity index (χ1n) is 6.11. The lowest BCUT2D eigenvalue weighted by Gasteiger charge is -2.15. The van der Waals surface area contributed by atoms with Gasteiger partial charge in [0.15, 0.2) is 0 Å². The normalized spacial score (nSPS) is 23.0. The zero-order valence-electron chi connectivity index (χ0n) is 10.3. The van der Waals surface area contributed by atoms with Gasteiger partial charge in [-0.3, -0.25) is 10.1 Å². The number of nitrogens with zero attached hydrogens (tertiary/aromatic N) is 2. The zero-order valence-corrected chi connectivity index (χ0v) is 10.3. The molecule has 1 aliphatic rings. The van der Waals surface area contributed by atoms with Gasteiger partial charge in [-0.2, -0.15) is 0 Å². The third-order valence-corrected chi connectivity index (χ3v) is 3.44. The second-order valence-corrected chi connectivity index (χ2v) is 4.75. The molecule has 1 aromatic heterocycles. The maximum absolute atomic E-state index is 10.8. The summed E-state index contributed by atoms with van der Waals surface area (Å²) in [7, 11) is 0. The van der Waals surface area contributed by atoms with Gasteiger partial charge in [-0.1, -0.05) is 6.42 Å². The predicted octanol–water partition coefficient (Wildman–Crippen LogP) is 1.87. The fourth-order valence-electron chi connectivity index (χ4n) is 2.30.